The molecule has 0 saturated carbocycles. The van der Waals surface area contributed by atoms with Gasteiger partial charge in [-0.3, -0.25) is 4.90 Å². The van der Waals surface area contributed by atoms with Gasteiger partial charge in [0.15, 0.2) is 6.29 Å². The van der Waals surface area contributed by atoms with Crippen LogP contribution in [-0.2, 0) is 4.57 Å². The number of hydrogen-bond acceptors (Lipinski definition) is 2. The van der Waals surface area contributed by atoms with Crippen molar-refractivity contribution in [3.05, 3.63) is 0 Å². The highest BCUT2D eigenvalue weighted by Gasteiger charge is 1.97. The highest BCUT2D eigenvalue weighted by molar-refractivity contribution is 7.23. The van der Waals surface area contributed by atoms with E-state index < -0.39 is 0 Å². The van der Waals surface area contributed by atoms with Crippen LogP contribution in [0.15, 0.2) is 0 Å². The molecule has 0 amide bonds. The summed E-state index contributed by atoms with van der Waals surface area (Å²) >= 11 is 0. The first-order chi connectivity index (χ1) is 3.81. The first-order valence-corrected chi connectivity index (χ1v) is 3.96. The van der Waals surface area contributed by atoms with Crippen molar-refractivity contribution in [1.29, 1.82) is 0 Å². The largest absolute Gasteiger partial charge is 0.340 e. The molecule has 8 heavy (non-hydrogen) atoms. The summed E-state index contributed by atoms with van der Waals surface area (Å²) in [6, 6.07) is 0. The molecule has 0 aliphatic rings. The van der Waals surface area contributed by atoms with Crippen LogP contribution in [0.1, 0.15) is 13.3 Å². The first-order valence-electron chi connectivity index (χ1n) is 2.84. The molecule has 0 N–H and O–H groups in total. The minimum absolute atomic E-state index is 0.176. The summed E-state index contributed by atoms with van der Waals surface area (Å²) in [5.74, 6) is 0. The molecular formula is C5H13NOP+. The molecule has 0 aromatic rings. The molecule has 3 heteroatoms. The van der Waals surface area contributed by atoms with Gasteiger partial charge in [-0.1, -0.05) is 11.5 Å². The fourth-order valence-electron chi connectivity index (χ4n) is 0.571. The third-order valence-electron chi connectivity index (χ3n) is 0.940. The van der Waals surface area contributed by atoms with E-state index >= 15 is 0 Å². The standard InChI is InChI=1S/C5H12NOP/c1-3-4-6(2)5-8-7/h3-5H2,1-2H3/p+1. The Morgan fingerprint density at radius 2 is 2.25 bits per heavy atom. The lowest BCUT2D eigenvalue weighted by molar-refractivity contribution is 0.387. The van der Waals surface area contributed by atoms with E-state index in [9.17, 15) is 4.57 Å². The molecule has 0 bridgehead atoms. The Morgan fingerprint density at radius 3 is 2.62 bits per heavy atom. The van der Waals surface area contributed by atoms with Crippen LogP contribution < -0.4 is 0 Å². The Hall–Kier alpha value is 0.0600. The lowest BCUT2D eigenvalue weighted by Crippen LogP contribution is -2.16. The van der Waals surface area contributed by atoms with Gasteiger partial charge in [0.05, 0.1) is 0 Å². The van der Waals surface area contributed by atoms with Crippen molar-refractivity contribution in [2.24, 2.45) is 0 Å². The van der Waals surface area contributed by atoms with Gasteiger partial charge in [-0.25, -0.2) is 0 Å². The molecule has 0 rings (SSSR count). The quantitative estimate of drug-likeness (QED) is 0.540. The monoisotopic (exact) mass is 134 g/mol. The fraction of sp³-hybridized carbons (Fsp3) is 1.00. The third kappa shape index (κ3) is 4.23. The maximum absolute atomic E-state index is 10.0. The van der Waals surface area contributed by atoms with E-state index in [-0.39, 0.29) is 8.46 Å². The van der Waals surface area contributed by atoms with Crippen molar-refractivity contribution in [1.82, 2.24) is 4.90 Å². The van der Waals surface area contributed by atoms with E-state index in [1.807, 2.05) is 7.05 Å². The van der Waals surface area contributed by atoms with Gasteiger partial charge in [0.2, 0.25) is 0 Å². The van der Waals surface area contributed by atoms with Crippen molar-refractivity contribution in [2.45, 2.75) is 13.3 Å². The van der Waals surface area contributed by atoms with E-state index in [0.717, 1.165) is 13.0 Å². The highest BCUT2D eigenvalue weighted by atomic mass is 31.1. The Balaban J connectivity index is 3.03. The summed E-state index contributed by atoms with van der Waals surface area (Å²) in [6.45, 7) is 3.17. The zero-order valence-corrected chi connectivity index (χ0v) is 6.48. The molecule has 0 spiro atoms. The zero-order chi connectivity index (χ0) is 6.41. The summed E-state index contributed by atoms with van der Waals surface area (Å²) in [5.41, 5.74) is 0. The average Bonchev–Trinajstić information content (AvgIpc) is 1.68. The third-order valence-corrected chi connectivity index (χ3v) is 1.61. The summed E-state index contributed by atoms with van der Waals surface area (Å²) in [4.78, 5) is 2.06. The smallest absolute Gasteiger partial charge is 0.266 e. The van der Waals surface area contributed by atoms with Crippen LogP contribution in [-0.4, -0.2) is 24.8 Å². The second-order valence-corrected chi connectivity index (χ2v) is 2.49. The molecule has 0 saturated heterocycles. The van der Waals surface area contributed by atoms with Gasteiger partial charge in [0, 0.05) is 6.54 Å². The summed E-state index contributed by atoms with van der Waals surface area (Å²) in [7, 11) is 1.80. The fourth-order valence-corrected chi connectivity index (χ4v) is 0.949. The van der Waals surface area contributed by atoms with Crippen LogP contribution >= 0.6 is 8.46 Å². The van der Waals surface area contributed by atoms with E-state index in [1.165, 1.54) is 0 Å². The molecule has 1 atom stereocenters. The Labute approximate surface area is 52.1 Å². The van der Waals surface area contributed by atoms with Crippen LogP contribution in [0.25, 0.3) is 0 Å². The minimum Gasteiger partial charge on any atom is -0.266 e. The van der Waals surface area contributed by atoms with Crippen LogP contribution in [0, 0.1) is 0 Å². The van der Waals surface area contributed by atoms with Gasteiger partial charge in [-0.05, 0) is 13.5 Å². The second-order valence-electron chi connectivity index (χ2n) is 1.88. The Kier molecular flexibility index (Phi) is 5.24. The molecule has 0 aromatic heterocycles. The Morgan fingerprint density at radius 1 is 1.62 bits per heavy atom. The van der Waals surface area contributed by atoms with Gasteiger partial charge >= 0.3 is 8.46 Å². The van der Waals surface area contributed by atoms with E-state index in [2.05, 4.69) is 11.8 Å². The number of nitrogens with zero attached hydrogens (tertiary/aromatic N) is 1. The number of hydrogen-bond donors (Lipinski definition) is 0. The lowest BCUT2D eigenvalue weighted by atomic mass is 10.5. The molecule has 2 nitrogen and oxygen atoms in total. The molecule has 0 heterocycles. The van der Waals surface area contributed by atoms with Crippen LogP contribution in [0.3, 0.4) is 0 Å². The van der Waals surface area contributed by atoms with Crippen molar-refractivity contribution in [3.63, 3.8) is 0 Å². The van der Waals surface area contributed by atoms with Gasteiger partial charge in [0.1, 0.15) is 0 Å². The molecule has 0 aliphatic carbocycles. The van der Waals surface area contributed by atoms with Gasteiger partial charge in [0.25, 0.3) is 0 Å². The highest BCUT2D eigenvalue weighted by Crippen LogP contribution is 1.95. The first kappa shape index (κ1) is 8.06. The molecule has 1 unspecified atom stereocenters. The van der Waals surface area contributed by atoms with E-state index in [0.29, 0.717) is 6.29 Å². The van der Waals surface area contributed by atoms with Crippen LogP contribution in [0.5, 0.6) is 0 Å². The molecule has 0 aliphatic heterocycles. The topological polar surface area (TPSA) is 20.3 Å². The maximum atomic E-state index is 10.0. The molecule has 0 radical (unpaired) electrons. The minimum atomic E-state index is -0.176. The summed E-state index contributed by atoms with van der Waals surface area (Å²) in [6.07, 6.45) is 1.86. The van der Waals surface area contributed by atoms with E-state index in [1.54, 1.807) is 0 Å². The average molecular weight is 134 g/mol. The maximum Gasteiger partial charge on any atom is 0.340 e. The van der Waals surface area contributed by atoms with Gasteiger partial charge in [-0.15, -0.1) is 0 Å². The number of rotatable bonds is 4. The molecule has 0 aromatic carbocycles. The predicted octanol–water partition coefficient (Wildman–Crippen LogP) is 1.31. The molecule has 48 valence electrons. The van der Waals surface area contributed by atoms with Crippen molar-refractivity contribution < 1.29 is 4.57 Å². The predicted molar refractivity (Wildman–Crippen MR) is 36.8 cm³/mol. The van der Waals surface area contributed by atoms with E-state index in [4.69, 9.17) is 0 Å². The van der Waals surface area contributed by atoms with Crippen LogP contribution in [0.4, 0.5) is 0 Å². The molecule has 0 fully saturated rings. The van der Waals surface area contributed by atoms with Crippen molar-refractivity contribution in [3.8, 4) is 0 Å². The second kappa shape index (κ2) is 5.20. The Bertz CT molecular complexity index is 67.4. The van der Waals surface area contributed by atoms with Gasteiger partial charge in [-0.2, -0.15) is 0 Å². The molecular weight excluding hydrogens is 121 g/mol. The van der Waals surface area contributed by atoms with Crippen LogP contribution in [0.2, 0.25) is 0 Å². The van der Waals surface area contributed by atoms with Crippen molar-refractivity contribution in [2.75, 3.05) is 19.9 Å². The van der Waals surface area contributed by atoms with Crippen molar-refractivity contribution >= 4 is 8.46 Å². The SMILES string of the molecule is CCCN(C)C[PH+]=O. The summed E-state index contributed by atoms with van der Waals surface area (Å²) in [5, 5.41) is 0. The zero-order valence-electron chi connectivity index (χ0n) is 5.48. The van der Waals surface area contributed by atoms with Gasteiger partial charge < -0.3 is 0 Å². The lowest BCUT2D eigenvalue weighted by Gasteiger charge is -2.04. The normalized spacial score (nSPS) is 10.9. The summed E-state index contributed by atoms with van der Waals surface area (Å²) < 4.78 is 10.0.